The van der Waals surface area contributed by atoms with Gasteiger partial charge in [0.25, 0.3) is 0 Å². The molecule has 2 aromatic rings. The molecule has 0 bridgehead atoms. The summed E-state index contributed by atoms with van der Waals surface area (Å²) in [6.45, 7) is 7.50. The average Bonchev–Trinajstić information content (AvgIpc) is 3.21. The van der Waals surface area contributed by atoms with Gasteiger partial charge in [-0.3, -0.25) is 9.69 Å². The second-order valence-electron chi connectivity index (χ2n) is 7.87. The van der Waals surface area contributed by atoms with Gasteiger partial charge in [0.1, 0.15) is 5.75 Å². The monoisotopic (exact) mass is 378 g/mol. The molecule has 0 N–H and O–H groups in total. The summed E-state index contributed by atoms with van der Waals surface area (Å²) in [7, 11) is 0. The predicted molar refractivity (Wildman–Crippen MR) is 112 cm³/mol. The van der Waals surface area contributed by atoms with Gasteiger partial charge in [0.15, 0.2) is 0 Å². The maximum atomic E-state index is 12.6. The van der Waals surface area contributed by atoms with Crippen LogP contribution in [0.15, 0.2) is 42.5 Å². The van der Waals surface area contributed by atoms with Gasteiger partial charge in [0, 0.05) is 45.6 Å². The highest BCUT2D eigenvalue weighted by Gasteiger charge is 2.21. The van der Waals surface area contributed by atoms with Crippen LogP contribution >= 0.6 is 0 Å². The highest BCUT2D eigenvalue weighted by atomic mass is 16.5. The van der Waals surface area contributed by atoms with Gasteiger partial charge in [-0.15, -0.1) is 0 Å². The van der Waals surface area contributed by atoms with Gasteiger partial charge in [0.2, 0.25) is 5.91 Å². The van der Waals surface area contributed by atoms with Crippen molar-refractivity contribution in [2.45, 2.75) is 39.2 Å². The van der Waals surface area contributed by atoms with Crippen LogP contribution < -0.4 is 4.74 Å². The molecule has 2 aliphatic rings. The SMILES string of the molecule is CCc1ccc(CCC(=O)N2CCN(Cc3ccc4c(c3)CCO4)CC2)cc1. The van der Waals surface area contributed by atoms with E-state index in [9.17, 15) is 4.79 Å². The fraction of sp³-hybridized carbons (Fsp3) is 0.458. The molecule has 0 radical (unpaired) electrons. The summed E-state index contributed by atoms with van der Waals surface area (Å²) in [5.74, 6) is 1.33. The van der Waals surface area contributed by atoms with Crippen LogP contribution in [0.4, 0.5) is 0 Å². The molecule has 1 amide bonds. The molecule has 0 unspecified atom stereocenters. The largest absolute Gasteiger partial charge is 0.493 e. The van der Waals surface area contributed by atoms with Gasteiger partial charge in [-0.2, -0.15) is 0 Å². The zero-order chi connectivity index (χ0) is 19.3. The number of ether oxygens (including phenoxy) is 1. The number of hydrogen-bond donors (Lipinski definition) is 0. The van der Waals surface area contributed by atoms with Gasteiger partial charge >= 0.3 is 0 Å². The Morgan fingerprint density at radius 3 is 2.43 bits per heavy atom. The third-order valence-electron chi connectivity index (χ3n) is 5.94. The second kappa shape index (κ2) is 8.78. The van der Waals surface area contributed by atoms with Crippen molar-refractivity contribution in [3.8, 4) is 5.75 Å². The second-order valence-corrected chi connectivity index (χ2v) is 7.87. The van der Waals surface area contributed by atoms with Crippen LogP contribution in [-0.4, -0.2) is 48.5 Å². The number of benzene rings is 2. The molecular formula is C24H30N2O2. The Labute approximate surface area is 168 Å². The number of rotatable bonds is 6. The zero-order valence-corrected chi connectivity index (χ0v) is 16.8. The Balaban J connectivity index is 1.22. The molecule has 1 saturated heterocycles. The minimum atomic E-state index is 0.286. The van der Waals surface area contributed by atoms with Crippen molar-refractivity contribution in [1.29, 1.82) is 0 Å². The molecule has 0 atom stereocenters. The van der Waals surface area contributed by atoms with Crippen LogP contribution in [0.25, 0.3) is 0 Å². The number of aryl methyl sites for hydroxylation is 2. The fourth-order valence-electron chi connectivity index (χ4n) is 4.10. The van der Waals surface area contributed by atoms with Crippen LogP contribution in [0.3, 0.4) is 0 Å². The third-order valence-corrected chi connectivity index (χ3v) is 5.94. The Hall–Kier alpha value is -2.33. The third kappa shape index (κ3) is 4.56. The molecular weight excluding hydrogens is 348 g/mol. The lowest BCUT2D eigenvalue weighted by atomic mass is 10.1. The molecule has 28 heavy (non-hydrogen) atoms. The van der Waals surface area contributed by atoms with E-state index < -0.39 is 0 Å². The molecule has 1 fully saturated rings. The van der Waals surface area contributed by atoms with Gasteiger partial charge in [0.05, 0.1) is 6.61 Å². The Bertz CT molecular complexity index is 808. The van der Waals surface area contributed by atoms with E-state index in [0.29, 0.717) is 6.42 Å². The first-order valence-electron chi connectivity index (χ1n) is 10.5. The number of fused-ring (bicyclic) bond motifs is 1. The first-order chi connectivity index (χ1) is 13.7. The molecule has 2 aromatic carbocycles. The van der Waals surface area contributed by atoms with Crippen LogP contribution in [-0.2, 0) is 30.6 Å². The number of nitrogens with zero attached hydrogens (tertiary/aromatic N) is 2. The number of hydrogen-bond acceptors (Lipinski definition) is 3. The Morgan fingerprint density at radius 1 is 0.964 bits per heavy atom. The van der Waals surface area contributed by atoms with Gasteiger partial charge in [-0.25, -0.2) is 0 Å². The maximum absolute atomic E-state index is 12.6. The van der Waals surface area contributed by atoms with Crippen molar-refractivity contribution in [3.63, 3.8) is 0 Å². The quantitative estimate of drug-likeness (QED) is 0.772. The van der Waals surface area contributed by atoms with Crippen molar-refractivity contribution >= 4 is 5.91 Å². The van der Waals surface area contributed by atoms with Gasteiger partial charge < -0.3 is 9.64 Å². The van der Waals surface area contributed by atoms with E-state index in [0.717, 1.165) is 64.3 Å². The fourth-order valence-corrected chi connectivity index (χ4v) is 4.10. The van der Waals surface area contributed by atoms with Crippen molar-refractivity contribution in [3.05, 3.63) is 64.7 Å². The zero-order valence-electron chi connectivity index (χ0n) is 16.8. The molecule has 4 nitrogen and oxygen atoms in total. The van der Waals surface area contributed by atoms with E-state index in [-0.39, 0.29) is 5.91 Å². The molecule has 148 valence electrons. The van der Waals surface area contributed by atoms with E-state index in [1.54, 1.807) is 0 Å². The van der Waals surface area contributed by atoms with E-state index >= 15 is 0 Å². The van der Waals surface area contributed by atoms with E-state index in [1.165, 1.54) is 22.3 Å². The summed E-state index contributed by atoms with van der Waals surface area (Å²) in [5, 5.41) is 0. The topological polar surface area (TPSA) is 32.8 Å². The van der Waals surface area contributed by atoms with Crippen molar-refractivity contribution < 1.29 is 9.53 Å². The lowest BCUT2D eigenvalue weighted by Crippen LogP contribution is -2.48. The number of carbonyl (C=O) groups excluding carboxylic acids is 1. The maximum Gasteiger partial charge on any atom is 0.222 e. The lowest BCUT2D eigenvalue weighted by molar-refractivity contribution is -0.133. The van der Waals surface area contributed by atoms with Crippen LogP contribution in [0.2, 0.25) is 0 Å². The molecule has 4 rings (SSSR count). The molecule has 2 aliphatic heterocycles. The first-order valence-corrected chi connectivity index (χ1v) is 10.5. The molecule has 0 spiro atoms. The summed E-state index contributed by atoms with van der Waals surface area (Å²) in [6.07, 6.45) is 3.52. The molecule has 0 aliphatic carbocycles. The summed E-state index contributed by atoms with van der Waals surface area (Å²) in [5.41, 5.74) is 5.28. The molecule has 2 heterocycles. The smallest absolute Gasteiger partial charge is 0.222 e. The van der Waals surface area contributed by atoms with E-state index in [2.05, 4.69) is 54.3 Å². The number of amides is 1. The van der Waals surface area contributed by atoms with Gasteiger partial charge in [-0.05, 0) is 41.2 Å². The highest BCUT2D eigenvalue weighted by Crippen LogP contribution is 2.26. The minimum Gasteiger partial charge on any atom is -0.493 e. The minimum absolute atomic E-state index is 0.286. The Morgan fingerprint density at radius 2 is 1.68 bits per heavy atom. The van der Waals surface area contributed by atoms with Gasteiger partial charge in [-0.1, -0.05) is 43.3 Å². The van der Waals surface area contributed by atoms with Crippen molar-refractivity contribution in [1.82, 2.24) is 9.80 Å². The van der Waals surface area contributed by atoms with Crippen LogP contribution in [0.5, 0.6) is 5.75 Å². The van der Waals surface area contributed by atoms with E-state index in [4.69, 9.17) is 4.74 Å². The molecule has 0 aromatic heterocycles. The number of carbonyl (C=O) groups is 1. The lowest BCUT2D eigenvalue weighted by Gasteiger charge is -2.35. The predicted octanol–water partition coefficient (Wildman–Crippen LogP) is 3.46. The summed E-state index contributed by atoms with van der Waals surface area (Å²) >= 11 is 0. The first kappa shape index (κ1) is 19.0. The summed E-state index contributed by atoms with van der Waals surface area (Å²) in [4.78, 5) is 17.1. The van der Waals surface area contributed by atoms with Crippen LogP contribution in [0.1, 0.15) is 35.6 Å². The van der Waals surface area contributed by atoms with Crippen molar-refractivity contribution in [2.24, 2.45) is 0 Å². The molecule has 0 saturated carbocycles. The standard InChI is InChI=1S/C24H30N2O2/c1-2-19-3-5-20(6-4-19)8-10-24(27)26-14-12-25(13-15-26)18-21-7-9-23-22(17-21)11-16-28-23/h3-7,9,17H,2,8,10-16,18H2,1H3. The highest BCUT2D eigenvalue weighted by molar-refractivity contribution is 5.76. The summed E-state index contributed by atoms with van der Waals surface area (Å²) < 4.78 is 5.59. The van der Waals surface area contributed by atoms with Crippen LogP contribution in [0, 0.1) is 0 Å². The molecule has 4 heteroatoms. The van der Waals surface area contributed by atoms with Crippen molar-refractivity contribution in [2.75, 3.05) is 32.8 Å². The summed E-state index contributed by atoms with van der Waals surface area (Å²) in [6, 6.07) is 15.2. The van der Waals surface area contributed by atoms with E-state index in [1.807, 2.05) is 4.90 Å². The normalized spacial score (nSPS) is 16.7. The Kier molecular flexibility index (Phi) is 5.96. The average molecular weight is 379 g/mol. The number of piperazine rings is 1.